The number of terminal acetylenes is 1. The fourth-order valence-corrected chi connectivity index (χ4v) is 0.984. The van der Waals surface area contributed by atoms with Crippen LogP contribution in [0.3, 0.4) is 0 Å². The van der Waals surface area contributed by atoms with Gasteiger partial charge < -0.3 is 10.2 Å². The number of carbonyl (C=O) groups excluding carboxylic acids is 1. The lowest BCUT2D eigenvalue weighted by molar-refractivity contribution is -0.115. The van der Waals surface area contributed by atoms with Gasteiger partial charge in [-0.25, -0.2) is 0 Å². The number of likely N-dealkylation sites (tertiary alicyclic amines) is 1. The summed E-state index contributed by atoms with van der Waals surface area (Å²) in [5.74, 6) is 1.69. The highest BCUT2D eigenvalue weighted by Gasteiger charge is 2.12. The van der Waals surface area contributed by atoms with Crippen LogP contribution in [0.25, 0.3) is 0 Å². The Kier molecular flexibility index (Phi) is 2.94. The molecule has 1 N–H and O–H groups in total. The number of hydrogen-bond donors (Lipinski definition) is 1. The molecule has 1 aliphatic rings. The van der Waals surface area contributed by atoms with Crippen molar-refractivity contribution in [3.63, 3.8) is 0 Å². The molecule has 0 saturated carbocycles. The number of nitrogens with zero attached hydrogens (tertiary/aromatic N) is 1. The molecule has 60 valence electrons. The molecule has 1 aliphatic heterocycles. The summed E-state index contributed by atoms with van der Waals surface area (Å²) >= 11 is 0. The van der Waals surface area contributed by atoms with E-state index in [0.29, 0.717) is 6.54 Å². The number of amides is 1. The Bertz CT molecular complexity index is 179. The van der Waals surface area contributed by atoms with Crippen LogP contribution in [0.4, 0.5) is 0 Å². The average molecular weight is 152 g/mol. The van der Waals surface area contributed by atoms with Crippen molar-refractivity contribution in [1.29, 1.82) is 0 Å². The number of rotatable bonds is 3. The van der Waals surface area contributed by atoms with Gasteiger partial charge >= 0.3 is 0 Å². The zero-order chi connectivity index (χ0) is 8.10. The Morgan fingerprint density at radius 3 is 2.82 bits per heavy atom. The second kappa shape index (κ2) is 3.99. The molecule has 0 spiro atoms. The van der Waals surface area contributed by atoms with Crippen molar-refractivity contribution in [2.45, 2.75) is 6.42 Å². The molecule has 0 aromatic heterocycles. The van der Waals surface area contributed by atoms with Crippen LogP contribution in [0.1, 0.15) is 6.42 Å². The Hall–Kier alpha value is -1.01. The largest absolute Gasteiger partial charge is 0.344 e. The molecule has 3 heteroatoms. The van der Waals surface area contributed by atoms with E-state index in [-0.39, 0.29) is 5.91 Å². The lowest BCUT2D eigenvalue weighted by Gasteiger charge is -2.30. The molecular formula is C8H12N2O. The molecule has 11 heavy (non-hydrogen) atoms. The Morgan fingerprint density at radius 2 is 2.36 bits per heavy atom. The van der Waals surface area contributed by atoms with Gasteiger partial charge in [0.05, 0.1) is 0 Å². The minimum absolute atomic E-state index is 0.314. The maximum absolute atomic E-state index is 10.5. The highest BCUT2D eigenvalue weighted by atomic mass is 16.1. The Balaban J connectivity index is 1.96. The maximum atomic E-state index is 10.5. The molecule has 1 amide bonds. The van der Waals surface area contributed by atoms with Crippen LogP contribution in [0.2, 0.25) is 0 Å². The summed E-state index contributed by atoms with van der Waals surface area (Å²) in [7, 11) is 0. The van der Waals surface area contributed by atoms with Gasteiger partial charge in [0.1, 0.15) is 0 Å². The first-order valence-electron chi connectivity index (χ1n) is 3.80. The van der Waals surface area contributed by atoms with Crippen molar-refractivity contribution < 1.29 is 4.79 Å². The predicted molar refractivity (Wildman–Crippen MR) is 42.9 cm³/mol. The molecule has 1 rings (SSSR count). The average Bonchev–Trinajstić information content (AvgIpc) is 1.94. The molecule has 1 saturated heterocycles. The molecule has 3 nitrogen and oxygen atoms in total. The first-order valence-corrected chi connectivity index (χ1v) is 3.80. The van der Waals surface area contributed by atoms with E-state index in [0.717, 1.165) is 19.6 Å². The van der Waals surface area contributed by atoms with Crippen LogP contribution in [0, 0.1) is 12.3 Å². The van der Waals surface area contributed by atoms with E-state index in [1.165, 1.54) is 6.42 Å². The molecule has 0 aromatic rings. The van der Waals surface area contributed by atoms with Crippen LogP contribution < -0.4 is 5.32 Å². The van der Waals surface area contributed by atoms with Crippen LogP contribution in [-0.4, -0.2) is 37.0 Å². The van der Waals surface area contributed by atoms with E-state index in [1.54, 1.807) is 0 Å². The first-order chi connectivity index (χ1) is 5.33. The molecule has 1 fully saturated rings. The molecule has 0 atom stereocenters. The van der Waals surface area contributed by atoms with Gasteiger partial charge in [0.2, 0.25) is 0 Å². The molecule has 0 aromatic carbocycles. The summed E-state index contributed by atoms with van der Waals surface area (Å²) < 4.78 is 0. The molecule has 0 aliphatic carbocycles. The van der Waals surface area contributed by atoms with Crippen molar-refractivity contribution in [3.05, 3.63) is 0 Å². The van der Waals surface area contributed by atoms with Crippen LogP contribution in [-0.2, 0) is 4.79 Å². The normalized spacial score (nSPS) is 16.6. The Morgan fingerprint density at radius 1 is 1.64 bits per heavy atom. The predicted octanol–water partition coefficient (Wildman–Crippen LogP) is -0.558. The van der Waals surface area contributed by atoms with Crippen LogP contribution in [0.15, 0.2) is 0 Å². The summed E-state index contributed by atoms with van der Waals surface area (Å²) in [5, 5.41) is 2.61. The third-order valence-corrected chi connectivity index (χ3v) is 1.79. The summed E-state index contributed by atoms with van der Waals surface area (Å²) in [4.78, 5) is 12.8. The SMILES string of the molecule is C#CC(=O)NCCN1CCC1. The van der Waals surface area contributed by atoms with Gasteiger partial charge in [-0.2, -0.15) is 0 Å². The van der Waals surface area contributed by atoms with Gasteiger partial charge in [-0.1, -0.05) is 0 Å². The van der Waals surface area contributed by atoms with Gasteiger partial charge in [-0.3, -0.25) is 4.79 Å². The Labute approximate surface area is 66.8 Å². The van der Waals surface area contributed by atoms with E-state index < -0.39 is 0 Å². The van der Waals surface area contributed by atoms with Crippen molar-refractivity contribution in [1.82, 2.24) is 10.2 Å². The monoisotopic (exact) mass is 152 g/mol. The van der Waals surface area contributed by atoms with Gasteiger partial charge in [0.15, 0.2) is 0 Å². The topological polar surface area (TPSA) is 32.3 Å². The lowest BCUT2D eigenvalue weighted by Crippen LogP contribution is -2.42. The molecule has 0 bridgehead atoms. The lowest BCUT2D eigenvalue weighted by atomic mass is 10.2. The minimum atomic E-state index is -0.314. The fraction of sp³-hybridized carbons (Fsp3) is 0.625. The molecule has 1 heterocycles. The third-order valence-electron chi connectivity index (χ3n) is 1.79. The summed E-state index contributed by atoms with van der Waals surface area (Å²) in [6, 6.07) is 0. The number of hydrogen-bond acceptors (Lipinski definition) is 2. The highest BCUT2D eigenvalue weighted by molar-refractivity contribution is 5.92. The second-order valence-corrected chi connectivity index (χ2v) is 2.60. The molecule has 0 radical (unpaired) electrons. The second-order valence-electron chi connectivity index (χ2n) is 2.60. The van der Waals surface area contributed by atoms with Crippen LogP contribution >= 0.6 is 0 Å². The quantitative estimate of drug-likeness (QED) is 0.550. The summed E-state index contributed by atoms with van der Waals surface area (Å²) in [5.41, 5.74) is 0. The van der Waals surface area contributed by atoms with Crippen molar-refractivity contribution in [3.8, 4) is 12.3 Å². The van der Waals surface area contributed by atoms with E-state index in [4.69, 9.17) is 6.42 Å². The van der Waals surface area contributed by atoms with E-state index in [1.807, 2.05) is 5.92 Å². The summed E-state index contributed by atoms with van der Waals surface area (Å²) in [6.45, 7) is 3.91. The first kappa shape index (κ1) is 8.09. The number of carbonyl (C=O) groups is 1. The van der Waals surface area contributed by atoms with Gasteiger partial charge in [0, 0.05) is 13.1 Å². The van der Waals surface area contributed by atoms with Gasteiger partial charge in [0.25, 0.3) is 5.91 Å². The molecule has 0 unspecified atom stereocenters. The third kappa shape index (κ3) is 2.60. The van der Waals surface area contributed by atoms with E-state index in [2.05, 4.69) is 10.2 Å². The zero-order valence-electron chi connectivity index (χ0n) is 6.47. The standard InChI is InChI=1S/C8H12N2O/c1-2-8(11)9-4-7-10-5-3-6-10/h1H,3-7H2,(H,9,11). The zero-order valence-corrected chi connectivity index (χ0v) is 6.47. The van der Waals surface area contributed by atoms with E-state index >= 15 is 0 Å². The summed E-state index contributed by atoms with van der Waals surface area (Å²) in [6.07, 6.45) is 6.14. The van der Waals surface area contributed by atoms with Crippen molar-refractivity contribution in [2.75, 3.05) is 26.2 Å². The highest BCUT2D eigenvalue weighted by Crippen LogP contribution is 2.02. The van der Waals surface area contributed by atoms with Gasteiger partial charge in [-0.15, -0.1) is 6.42 Å². The minimum Gasteiger partial charge on any atom is -0.344 e. The smallest absolute Gasteiger partial charge is 0.295 e. The number of nitrogens with one attached hydrogen (secondary N) is 1. The van der Waals surface area contributed by atoms with Crippen LogP contribution in [0.5, 0.6) is 0 Å². The van der Waals surface area contributed by atoms with Gasteiger partial charge in [-0.05, 0) is 25.4 Å². The van der Waals surface area contributed by atoms with E-state index in [9.17, 15) is 4.79 Å². The maximum Gasteiger partial charge on any atom is 0.295 e. The van der Waals surface area contributed by atoms with Crippen molar-refractivity contribution >= 4 is 5.91 Å². The fourth-order valence-electron chi connectivity index (χ4n) is 0.984. The molecular weight excluding hydrogens is 140 g/mol. The van der Waals surface area contributed by atoms with Crippen molar-refractivity contribution in [2.24, 2.45) is 0 Å².